The summed E-state index contributed by atoms with van der Waals surface area (Å²) >= 11 is 0. The van der Waals surface area contributed by atoms with Crippen LogP contribution in [0.5, 0.6) is 0 Å². The zero-order valence-electron chi connectivity index (χ0n) is 11.8. The smallest absolute Gasteiger partial charge is 0.258 e. The number of benzene rings is 1. The molecule has 7 heteroatoms. The molecule has 0 spiro atoms. The normalized spacial score (nSPS) is 21.8. The third-order valence-electron chi connectivity index (χ3n) is 3.95. The standard InChI is InChI=1S/C15H14N2O4S/c1-15(9-6-13(7-10-15)17(18)19)22(20,21)16-11-8-12-4-2-3-5-14(12)16/h2-9,11H,10H2,1H3. The summed E-state index contributed by atoms with van der Waals surface area (Å²) in [6.07, 6.45) is 5.59. The zero-order valence-corrected chi connectivity index (χ0v) is 12.7. The van der Waals surface area contributed by atoms with Gasteiger partial charge in [-0.3, -0.25) is 10.1 Å². The molecule has 0 radical (unpaired) electrons. The highest BCUT2D eigenvalue weighted by molar-refractivity contribution is 7.91. The van der Waals surface area contributed by atoms with Gasteiger partial charge in [-0.15, -0.1) is 0 Å². The summed E-state index contributed by atoms with van der Waals surface area (Å²) in [6.45, 7) is 1.57. The molecule has 114 valence electrons. The molecule has 1 aliphatic carbocycles. The van der Waals surface area contributed by atoms with E-state index in [1.54, 1.807) is 25.1 Å². The van der Waals surface area contributed by atoms with Crippen LogP contribution in [-0.4, -0.2) is 22.1 Å². The van der Waals surface area contributed by atoms with Gasteiger partial charge >= 0.3 is 0 Å². The molecule has 1 aliphatic rings. The van der Waals surface area contributed by atoms with Crippen molar-refractivity contribution in [3.63, 3.8) is 0 Å². The molecule has 0 bridgehead atoms. The van der Waals surface area contributed by atoms with Crippen LogP contribution in [0.3, 0.4) is 0 Å². The maximum Gasteiger partial charge on any atom is 0.265 e. The van der Waals surface area contributed by atoms with Gasteiger partial charge in [0.1, 0.15) is 4.75 Å². The highest BCUT2D eigenvalue weighted by Crippen LogP contribution is 2.32. The Morgan fingerprint density at radius 3 is 2.64 bits per heavy atom. The van der Waals surface area contributed by atoms with E-state index in [9.17, 15) is 18.5 Å². The molecule has 0 saturated heterocycles. The predicted molar refractivity (Wildman–Crippen MR) is 83.5 cm³/mol. The third kappa shape index (κ3) is 2.05. The van der Waals surface area contributed by atoms with E-state index < -0.39 is 19.7 Å². The lowest BCUT2D eigenvalue weighted by atomic mass is 10.0. The van der Waals surface area contributed by atoms with Crippen LogP contribution in [0.2, 0.25) is 0 Å². The van der Waals surface area contributed by atoms with Crippen LogP contribution in [0.4, 0.5) is 0 Å². The minimum Gasteiger partial charge on any atom is -0.258 e. The zero-order chi connectivity index (χ0) is 16.0. The fourth-order valence-electron chi connectivity index (χ4n) is 2.52. The van der Waals surface area contributed by atoms with Gasteiger partial charge < -0.3 is 0 Å². The Morgan fingerprint density at radius 1 is 1.27 bits per heavy atom. The second-order valence-electron chi connectivity index (χ2n) is 5.41. The van der Waals surface area contributed by atoms with Gasteiger partial charge in [-0.05, 0) is 31.6 Å². The first kappa shape index (κ1) is 14.5. The Kier molecular flexibility index (Phi) is 3.17. The monoisotopic (exact) mass is 318 g/mol. The van der Waals surface area contributed by atoms with Crippen LogP contribution in [0.1, 0.15) is 13.3 Å². The van der Waals surface area contributed by atoms with Crippen molar-refractivity contribution in [2.75, 3.05) is 0 Å². The van der Waals surface area contributed by atoms with Crippen LogP contribution in [-0.2, 0) is 10.0 Å². The van der Waals surface area contributed by atoms with Gasteiger partial charge in [-0.2, -0.15) is 0 Å². The molecule has 0 N–H and O–H groups in total. The first-order valence-electron chi connectivity index (χ1n) is 6.70. The van der Waals surface area contributed by atoms with E-state index in [0.717, 1.165) is 5.39 Å². The summed E-state index contributed by atoms with van der Waals surface area (Å²) in [6, 6.07) is 8.93. The van der Waals surface area contributed by atoms with E-state index in [1.807, 2.05) is 12.1 Å². The minimum absolute atomic E-state index is 0.0641. The summed E-state index contributed by atoms with van der Waals surface area (Å²) in [7, 11) is -3.73. The second-order valence-corrected chi connectivity index (χ2v) is 7.69. The van der Waals surface area contributed by atoms with Crippen molar-refractivity contribution < 1.29 is 13.3 Å². The Labute approximate surface area is 127 Å². The summed E-state index contributed by atoms with van der Waals surface area (Å²) < 4.78 is 26.0. The van der Waals surface area contributed by atoms with E-state index in [0.29, 0.717) is 5.52 Å². The number of allylic oxidation sites excluding steroid dienone is 2. The summed E-state index contributed by atoms with van der Waals surface area (Å²) in [5, 5.41) is 11.6. The van der Waals surface area contributed by atoms with Crippen molar-refractivity contribution in [2.45, 2.75) is 18.1 Å². The first-order chi connectivity index (χ1) is 10.3. The molecule has 6 nitrogen and oxygen atoms in total. The van der Waals surface area contributed by atoms with Gasteiger partial charge in [-0.25, -0.2) is 12.4 Å². The Morgan fingerprint density at radius 2 is 2.00 bits per heavy atom. The molecule has 1 unspecified atom stereocenters. The van der Waals surface area contributed by atoms with E-state index in [4.69, 9.17) is 0 Å². The van der Waals surface area contributed by atoms with Gasteiger partial charge in [0.05, 0.1) is 10.4 Å². The van der Waals surface area contributed by atoms with Crippen LogP contribution in [0.15, 0.2) is 60.5 Å². The summed E-state index contributed by atoms with van der Waals surface area (Å²) in [5.74, 6) is 0. The van der Waals surface area contributed by atoms with Crippen molar-refractivity contribution in [1.82, 2.24) is 3.97 Å². The van der Waals surface area contributed by atoms with Crippen molar-refractivity contribution in [3.05, 3.63) is 70.6 Å². The van der Waals surface area contributed by atoms with Crippen LogP contribution in [0, 0.1) is 10.1 Å². The fraction of sp³-hybridized carbons (Fsp3) is 0.200. The number of rotatable bonds is 3. The molecule has 1 atom stereocenters. The lowest BCUT2D eigenvalue weighted by molar-refractivity contribution is -0.419. The highest BCUT2D eigenvalue weighted by Gasteiger charge is 2.40. The lowest BCUT2D eigenvalue weighted by Crippen LogP contribution is -2.38. The molecule has 1 aromatic heterocycles. The predicted octanol–water partition coefficient (Wildman–Crippen LogP) is 2.70. The van der Waals surface area contributed by atoms with E-state index in [1.165, 1.54) is 28.4 Å². The lowest BCUT2D eigenvalue weighted by Gasteiger charge is -2.27. The number of nitrogens with zero attached hydrogens (tertiary/aromatic N) is 2. The Hall–Kier alpha value is -2.41. The fourth-order valence-corrected chi connectivity index (χ4v) is 4.15. The van der Waals surface area contributed by atoms with Gasteiger partial charge in [0.15, 0.2) is 0 Å². The average molecular weight is 318 g/mol. The van der Waals surface area contributed by atoms with Crippen LogP contribution >= 0.6 is 0 Å². The van der Waals surface area contributed by atoms with Gasteiger partial charge in [0, 0.05) is 17.7 Å². The number of aromatic nitrogens is 1. The molecule has 1 aromatic carbocycles. The first-order valence-corrected chi connectivity index (χ1v) is 8.14. The van der Waals surface area contributed by atoms with Crippen LogP contribution < -0.4 is 0 Å². The van der Waals surface area contributed by atoms with Gasteiger partial charge in [-0.1, -0.05) is 24.3 Å². The van der Waals surface area contributed by atoms with E-state index in [2.05, 4.69) is 0 Å². The molecule has 0 amide bonds. The molecule has 3 rings (SSSR count). The van der Waals surface area contributed by atoms with Crippen LogP contribution in [0.25, 0.3) is 10.9 Å². The van der Waals surface area contributed by atoms with Gasteiger partial charge in [0.25, 0.3) is 5.70 Å². The molecular formula is C15H14N2O4S. The Bertz CT molecular complexity index is 924. The number of para-hydroxylation sites is 1. The Balaban J connectivity index is 2.08. The number of hydrogen-bond acceptors (Lipinski definition) is 4. The maximum atomic E-state index is 13.0. The third-order valence-corrected chi connectivity index (χ3v) is 6.26. The molecule has 2 aromatic rings. The highest BCUT2D eigenvalue weighted by atomic mass is 32.2. The summed E-state index contributed by atoms with van der Waals surface area (Å²) in [4.78, 5) is 10.2. The SMILES string of the molecule is CC1(S(=O)(=O)n2ccc3ccccc32)C=CC([N+](=O)[O-])=CC1. The largest absolute Gasteiger partial charge is 0.265 e. The molecule has 22 heavy (non-hydrogen) atoms. The topological polar surface area (TPSA) is 82.2 Å². The number of fused-ring (bicyclic) bond motifs is 1. The quantitative estimate of drug-likeness (QED) is 0.643. The number of nitro groups is 1. The van der Waals surface area contributed by atoms with E-state index in [-0.39, 0.29) is 12.1 Å². The van der Waals surface area contributed by atoms with Crippen molar-refractivity contribution in [1.29, 1.82) is 0 Å². The van der Waals surface area contributed by atoms with Crippen molar-refractivity contribution in [3.8, 4) is 0 Å². The van der Waals surface area contributed by atoms with Crippen molar-refractivity contribution >= 4 is 20.9 Å². The molecule has 0 saturated carbocycles. The molecular weight excluding hydrogens is 304 g/mol. The maximum absolute atomic E-state index is 13.0. The minimum atomic E-state index is -3.73. The molecule has 1 heterocycles. The molecule has 0 aliphatic heterocycles. The van der Waals surface area contributed by atoms with Crippen molar-refractivity contribution in [2.24, 2.45) is 0 Å². The second kappa shape index (κ2) is 4.81. The van der Waals surface area contributed by atoms with E-state index >= 15 is 0 Å². The number of hydrogen-bond donors (Lipinski definition) is 0. The summed E-state index contributed by atoms with van der Waals surface area (Å²) in [5.41, 5.74) is 0.520. The molecule has 0 fully saturated rings. The average Bonchev–Trinajstić information content (AvgIpc) is 2.92. The van der Waals surface area contributed by atoms with Gasteiger partial charge in [0.2, 0.25) is 10.0 Å².